The molecule has 0 fully saturated rings. The lowest BCUT2D eigenvalue weighted by Gasteiger charge is -2.13. The summed E-state index contributed by atoms with van der Waals surface area (Å²) in [5.74, 6) is 1.39. The molecule has 1 aromatic carbocycles. The lowest BCUT2D eigenvalue weighted by Crippen LogP contribution is -2.06. The van der Waals surface area contributed by atoms with E-state index in [1.54, 1.807) is 20.4 Å². The summed E-state index contributed by atoms with van der Waals surface area (Å²) in [6.07, 6.45) is 1.81. The molecule has 0 saturated carbocycles. The van der Waals surface area contributed by atoms with E-state index in [4.69, 9.17) is 9.47 Å². The zero-order chi connectivity index (χ0) is 14.4. The Morgan fingerprint density at radius 2 is 2.00 bits per heavy atom. The Bertz CT molecular complexity index is 573. The van der Waals surface area contributed by atoms with Crippen LogP contribution in [0.4, 0.5) is 5.95 Å². The molecule has 0 amide bonds. The van der Waals surface area contributed by atoms with Gasteiger partial charge < -0.3 is 14.8 Å². The maximum atomic E-state index is 5.75. The molecule has 0 spiro atoms. The number of para-hydroxylation sites is 1. The molecule has 0 atom stereocenters. The van der Waals surface area contributed by atoms with Crippen LogP contribution in [-0.4, -0.2) is 37.3 Å². The van der Waals surface area contributed by atoms with Crippen LogP contribution in [0, 0.1) is 6.92 Å². The molecule has 0 radical (unpaired) electrons. The second kappa shape index (κ2) is 6.86. The number of hydrogen-bond acceptors (Lipinski definition) is 5. The van der Waals surface area contributed by atoms with Crippen molar-refractivity contribution in [3.63, 3.8) is 0 Å². The number of hydrogen-bond donors (Lipinski definition) is 1. The number of aryl methyl sites for hydroxylation is 1. The largest absolute Gasteiger partial charge is 0.490 e. The number of rotatable bonds is 6. The zero-order valence-electron chi connectivity index (χ0n) is 12.0. The minimum atomic E-state index is 0.510. The highest BCUT2D eigenvalue weighted by Gasteiger charge is 2.11. The van der Waals surface area contributed by atoms with E-state index in [0.717, 1.165) is 22.6 Å². The molecule has 0 bridgehead atoms. The van der Waals surface area contributed by atoms with Gasteiger partial charge in [-0.15, -0.1) is 0 Å². The summed E-state index contributed by atoms with van der Waals surface area (Å²) in [4.78, 5) is 8.72. The third-order valence-electron chi connectivity index (χ3n) is 2.88. The lowest BCUT2D eigenvalue weighted by molar-refractivity contribution is 0.146. The van der Waals surface area contributed by atoms with Crippen LogP contribution >= 0.6 is 0 Å². The lowest BCUT2D eigenvalue weighted by atomic mass is 10.1. The van der Waals surface area contributed by atoms with Gasteiger partial charge in [-0.3, -0.25) is 0 Å². The number of ether oxygens (including phenoxy) is 2. The second-order valence-corrected chi connectivity index (χ2v) is 4.31. The van der Waals surface area contributed by atoms with Crippen LogP contribution in [-0.2, 0) is 4.74 Å². The first-order chi connectivity index (χ1) is 9.76. The van der Waals surface area contributed by atoms with Crippen LogP contribution in [0.3, 0.4) is 0 Å². The van der Waals surface area contributed by atoms with Crippen molar-refractivity contribution >= 4 is 5.95 Å². The summed E-state index contributed by atoms with van der Waals surface area (Å²) < 4.78 is 10.8. The minimum Gasteiger partial charge on any atom is -0.490 e. The third-order valence-corrected chi connectivity index (χ3v) is 2.88. The normalized spacial score (nSPS) is 10.3. The summed E-state index contributed by atoms with van der Waals surface area (Å²) in [6.45, 7) is 3.05. The van der Waals surface area contributed by atoms with Gasteiger partial charge in [0.05, 0.1) is 12.3 Å². The van der Waals surface area contributed by atoms with E-state index in [1.165, 1.54) is 0 Å². The van der Waals surface area contributed by atoms with Crippen LogP contribution in [0.5, 0.6) is 5.75 Å². The molecule has 20 heavy (non-hydrogen) atoms. The van der Waals surface area contributed by atoms with Crippen molar-refractivity contribution in [2.45, 2.75) is 6.92 Å². The second-order valence-electron chi connectivity index (χ2n) is 4.31. The molecule has 0 aliphatic heterocycles. The molecule has 0 aliphatic rings. The van der Waals surface area contributed by atoms with Crippen LogP contribution in [0.2, 0.25) is 0 Å². The monoisotopic (exact) mass is 273 g/mol. The van der Waals surface area contributed by atoms with E-state index in [0.29, 0.717) is 19.2 Å². The Labute approximate surface area is 119 Å². The van der Waals surface area contributed by atoms with Gasteiger partial charge in [0.2, 0.25) is 5.95 Å². The van der Waals surface area contributed by atoms with Crippen molar-refractivity contribution in [2.75, 3.05) is 32.7 Å². The van der Waals surface area contributed by atoms with Gasteiger partial charge in [0, 0.05) is 25.9 Å². The smallest absolute Gasteiger partial charge is 0.222 e. The van der Waals surface area contributed by atoms with Crippen LogP contribution in [0.1, 0.15) is 5.56 Å². The van der Waals surface area contributed by atoms with E-state index in [9.17, 15) is 0 Å². The highest BCUT2D eigenvalue weighted by molar-refractivity contribution is 5.70. The molecule has 106 valence electrons. The first kappa shape index (κ1) is 14.3. The first-order valence-corrected chi connectivity index (χ1v) is 6.48. The Morgan fingerprint density at radius 1 is 1.20 bits per heavy atom. The Balaban J connectivity index is 2.36. The molecule has 1 aromatic heterocycles. The molecular weight excluding hydrogens is 254 g/mol. The highest BCUT2D eigenvalue weighted by Crippen LogP contribution is 2.30. The molecule has 0 saturated heterocycles. The van der Waals surface area contributed by atoms with Gasteiger partial charge in [0.15, 0.2) is 0 Å². The van der Waals surface area contributed by atoms with Crippen molar-refractivity contribution in [1.29, 1.82) is 0 Å². The first-order valence-electron chi connectivity index (χ1n) is 6.48. The molecule has 2 aromatic rings. The van der Waals surface area contributed by atoms with Crippen molar-refractivity contribution in [2.24, 2.45) is 0 Å². The molecular formula is C15H19N3O2. The fraction of sp³-hybridized carbons (Fsp3) is 0.333. The molecule has 1 heterocycles. The predicted octanol–water partition coefficient (Wildman–Crippen LogP) is 2.52. The van der Waals surface area contributed by atoms with Gasteiger partial charge in [-0.1, -0.05) is 12.1 Å². The number of nitrogens with one attached hydrogen (secondary N) is 1. The number of nitrogens with zero attached hydrogens (tertiary/aromatic N) is 2. The van der Waals surface area contributed by atoms with E-state index in [2.05, 4.69) is 15.3 Å². The molecule has 0 unspecified atom stereocenters. The fourth-order valence-electron chi connectivity index (χ4n) is 1.86. The van der Waals surface area contributed by atoms with Crippen molar-refractivity contribution < 1.29 is 9.47 Å². The quantitative estimate of drug-likeness (QED) is 0.820. The average molecular weight is 273 g/mol. The number of anilines is 1. The highest BCUT2D eigenvalue weighted by atomic mass is 16.5. The standard InChI is InChI=1S/C15H19N3O2/c1-11-10-17-15(16-2)18-14(11)12-6-4-5-7-13(12)20-9-8-19-3/h4-7,10H,8-9H2,1-3H3,(H,16,17,18). The van der Waals surface area contributed by atoms with Gasteiger partial charge in [-0.2, -0.15) is 0 Å². The third kappa shape index (κ3) is 3.24. The summed E-state index contributed by atoms with van der Waals surface area (Å²) >= 11 is 0. The van der Waals surface area contributed by atoms with Crippen molar-refractivity contribution in [3.8, 4) is 17.0 Å². The number of benzene rings is 1. The Morgan fingerprint density at radius 3 is 2.75 bits per heavy atom. The Kier molecular flexibility index (Phi) is 4.90. The van der Waals surface area contributed by atoms with Crippen LogP contribution in [0.15, 0.2) is 30.5 Å². The molecule has 5 heteroatoms. The summed E-state index contributed by atoms with van der Waals surface area (Å²) in [6, 6.07) is 7.85. The maximum Gasteiger partial charge on any atom is 0.222 e. The van der Waals surface area contributed by atoms with Crippen LogP contribution < -0.4 is 10.1 Å². The van der Waals surface area contributed by atoms with Gasteiger partial charge in [0.1, 0.15) is 12.4 Å². The molecule has 5 nitrogen and oxygen atoms in total. The SMILES string of the molecule is CNc1ncc(C)c(-c2ccccc2OCCOC)n1. The average Bonchev–Trinajstić information content (AvgIpc) is 2.49. The summed E-state index contributed by atoms with van der Waals surface area (Å²) in [5, 5.41) is 2.95. The van der Waals surface area contributed by atoms with Gasteiger partial charge in [-0.05, 0) is 24.6 Å². The number of aromatic nitrogens is 2. The van der Waals surface area contributed by atoms with Crippen LogP contribution in [0.25, 0.3) is 11.3 Å². The summed E-state index contributed by atoms with van der Waals surface area (Å²) in [7, 11) is 3.46. The van der Waals surface area contributed by atoms with E-state index in [1.807, 2.05) is 31.2 Å². The maximum absolute atomic E-state index is 5.75. The fourth-order valence-corrected chi connectivity index (χ4v) is 1.86. The minimum absolute atomic E-state index is 0.510. The van der Waals surface area contributed by atoms with Crippen molar-refractivity contribution in [3.05, 3.63) is 36.0 Å². The topological polar surface area (TPSA) is 56.3 Å². The van der Waals surface area contributed by atoms with Gasteiger partial charge in [0.25, 0.3) is 0 Å². The molecule has 1 N–H and O–H groups in total. The van der Waals surface area contributed by atoms with Gasteiger partial charge in [-0.25, -0.2) is 9.97 Å². The molecule has 2 rings (SSSR count). The van der Waals surface area contributed by atoms with Crippen molar-refractivity contribution in [1.82, 2.24) is 9.97 Å². The predicted molar refractivity (Wildman–Crippen MR) is 79.1 cm³/mol. The molecule has 0 aliphatic carbocycles. The zero-order valence-corrected chi connectivity index (χ0v) is 12.0. The van der Waals surface area contributed by atoms with E-state index < -0.39 is 0 Å². The van der Waals surface area contributed by atoms with Gasteiger partial charge >= 0.3 is 0 Å². The van der Waals surface area contributed by atoms with E-state index >= 15 is 0 Å². The summed E-state index contributed by atoms with van der Waals surface area (Å²) in [5.41, 5.74) is 2.84. The Hall–Kier alpha value is -2.14. The number of methoxy groups -OCH3 is 1. The van der Waals surface area contributed by atoms with E-state index in [-0.39, 0.29) is 0 Å².